The Morgan fingerprint density at radius 3 is 2.23 bits per heavy atom. The van der Waals surface area contributed by atoms with Gasteiger partial charge in [-0.2, -0.15) is 0 Å². The Balaban J connectivity index is 1.59. The van der Waals surface area contributed by atoms with Gasteiger partial charge in [-0.1, -0.05) is 48.5 Å². The van der Waals surface area contributed by atoms with E-state index < -0.39 is 17.6 Å². The van der Waals surface area contributed by atoms with Crippen molar-refractivity contribution in [2.24, 2.45) is 0 Å². The van der Waals surface area contributed by atoms with Crippen LogP contribution in [-0.4, -0.2) is 32.1 Å². The van der Waals surface area contributed by atoms with E-state index in [1.165, 1.54) is 0 Å². The maximum atomic E-state index is 14.2. The van der Waals surface area contributed by atoms with Gasteiger partial charge >= 0.3 is 5.97 Å². The predicted octanol–water partition coefficient (Wildman–Crippen LogP) is 6.20. The molecule has 1 aromatic heterocycles. The van der Waals surface area contributed by atoms with E-state index in [0.29, 0.717) is 33.8 Å². The van der Waals surface area contributed by atoms with Crippen LogP contribution in [0.3, 0.4) is 0 Å². The summed E-state index contributed by atoms with van der Waals surface area (Å²) in [7, 11) is 0. The van der Waals surface area contributed by atoms with Crippen molar-refractivity contribution in [1.82, 2.24) is 9.55 Å². The number of carboxylic acid groups (broad SMARTS) is 1. The summed E-state index contributed by atoms with van der Waals surface area (Å²) in [4.78, 5) is 32.2. The number of ether oxygens (including phenoxy) is 1. The molecule has 5 rings (SSSR count). The summed E-state index contributed by atoms with van der Waals surface area (Å²) in [6.07, 6.45) is 1.53. The number of imidazole rings is 1. The number of carbonyl (C=O) groups is 2. The summed E-state index contributed by atoms with van der Waals surface area (Å²) in [6.45, 7) is 3.45. The quantitative estimate of drug-likeness (QED) is 0.218. The van der Waals surface area contributed by atoms with Crippen molar-refractivity contribution in [3.8, 4) is 5.75 Å². The molecule has 202 valence electrons. The number of nitrogens with zero attached hydrogens (tertiary/aromatic N) is 3. The van der Waals surface area contributed by atoms with Crippen LogP contribution in [-0.2, 0) is 9.59 Å². The van der Waals surface area contributed by atoms with E-state index in [1.54, 1.807) is 49.3 Å². The van der Waals surface area contributed by atoms with Gasteiger partial charge in [0.1, 0.15) is 5.75 Å². The third-order valence-electron chi connectivity index (χ3n) is 6.69. The van der Waals surface area contributed by atoms with Crippen molar-refractivity contribution in [1.29, 1.82) is 0 Å². The molecule has 1 amide bonds. The van der Waals surface area contributed by atoms with Crippen LogP contribution in [0.2, 0.25) is 0 Å². The molecule has 0 spiro atoms. The molecule has 5 aromatic rings. The molecule has 8 heteroatoms. The highest BCUT2D eigenvalue weighted by Crippen LogP contribution is 2.34. The van der Waals surface area contributed by atoms with Crippen LogP contribution < -0.4 is 15.4 Å². The lowest BCUT2D eigenvalue weighted by Gasteiger charge is -2.32. The molecule has 0 fully saturated rings. The molecule has 4 aromatic carbocycles. The van der Waals surface area contributed by atoms with E-state index in [0.717, 1.165) is 5.56 Å². The molecular weight excluding hydrogens is 504 g/mol. The number of carbonyl (C=O) groups excluding carboxylic acids is 1. The highest BCUT2D eigenvalue weighted by atomic mass is 16.5. The second-order valence-corrected chi connectivity index (χ2v) is 10.0. The highest BCUT2D eigenvalue weighted by molar-refractivity contribution is 6.06. The Bertz CT molecular complexity index is 1630. The monoisotopic (exact) mass is 534 g/mol. The standard InChI is InChI=1S/C32H30N4O4/c1-32(2,40-26-16-13-23(33)14-17-26)31(39)36(24-11-7-4-8-12-24)25-15-18-27-29(19-25)35(21-34-27)28(20-30(37)38)22-9-5-3-6-10-22/h3-19,21,28H,20,33H2,1-2H3,(H,37,38). The molecule has 1 heterocycles. The maximum absolute atomic E-state index is 14.2. The summed E-state index contributed by atoms with van der Waals surface area (Å²) in [6, 6.07) is 30.7. The van der Waals surface area contributed by atoms with Crippen molar-refractivity contribution in [2.45, 2.75) is 31.9 Å². The number of para-hydroxylation sites is 1. The van der Waals surface area contributed by atoms with Gasteiger partial charge in [-0.05, 0) is 74.0 Å². The molecule has 0 aliphatic carbocycles. The number of rotatable bonds is 9. The Morgan fingerprint density at radius 2 is 1.57 bits per heavy atom. The van der Waals surface area contributed by atoms with Gasteiger partial charge in [0, 0.05) is 11.4 Å². The van der Waals surface area contributed by atoms with Crippen LogP contribution in [0.5, 0.6) is 5.75 Å². The topological polar surface area (TPSA) is 111 Å². The fourth-order valence-corrected chi connectivity index (χ4v) is 4.72. The first-order valence-corrected chi connectivity index (χ1v) is 12.9. The largest absolute Gasteiger partial charge is 0.481 e. The first kappa shape index (κ1) is 26.5. The number of fused-ring (bicyclic) bond motifs is 1. The number of benzene rings is 4. The molecule has 0 radical (unpaired) electrons. The molecule has 0 aliphatic rings. The molecule has 40 heavy (non-hydrogen) atoms. The van der Waals surface area contributed by atoms with Gasteiger partial charge in [-0.15, -0.1) is 0 Å². The maximum Gasteiger partial charge on any atom is 0.305 e. The number of aromatic nitrogens is 2. The zero-order chi connectivity index (χ0) is 28.3. The summed E-state index contributed by atoms with van der Waals surface area (Å²) < 4.78 is 8.00. The number of aliphatic carboxylic acids is 1. The minimum Gasteiger partial charge on any atom is -0.481 e. The van der Waals surface area contributed by atoms with Crippen LogP contribution in [0, 0.1) is 0 Å². The molecule has 0 saturated heterocycles. The zero-order valence-electron chi connectivity index (χ0n) is 22.3. The fraction of sp³-hybridized carbons (Fsp3) is 0.156. The molecule has 1 unspecified atom stereocenters. The second kappa shape index (κ2) is 10.9. The molecule has 0 saturated carbocycles. The van der Waals surface area contributed by atoms with E-state index in [1.807, 2.05) is 83.4 Å². The smallest absolute Gasteiger partial charge is 0.305 e. The number of hydrogen-bond acceptors (Lipinski definition) is 5. The van der Waals surface area contributed by atoms with Gasteiger partial charge in [0.15, 0.2) is 5.60 Å². The van der Waals surface area contributed by atoms with Crippen LogP contribution in [0.15, 0.2) is 109 Å². The number of amides is 1. The van der Waals surface area contributed by atoms with Gasteiger partial charge in [0.2, 0.25) is 0 Å². The normalized spacial score (nSPS) is 12.2. The first-order chi connectivity index (χ1) is 19.2. The van der Waals surface area contributed by atoms with E-state index in [-0.39, 0.29) is 12.3 Å². The van der Waals surface area contributed by atoms with Crippen molar-refractivity contribution in [3.63, 3.8) is 0 Å². The van der Waals surface area contributed by atoms with E-state index in [9.17, 15) is 14.7 Å². The molecule has 3 N–H and O–H groups in total. The van der Waals surface area contributed by atoms with Gasteiger partial charge < -0.3 is 20.1 Å². The third kappa shape index (κ3) is 5.51. The van der Waals surface area contributed by atoms with E-state index >= 15 is 0 Å². The number of nitrogen functional groups attached to an aromatic ring is 1. The third-order valence-corrected chi connectivity index (χ3v) is 6.69. The second-order valence-electron chi connectivity index (χ2n) is 10.0. The van der Waals surface area contributed by atoms with E-state index in [2.05, 4.69) is 4.98 Å². The van der Waals surface area contributed by atoms with Gasteiger partial charge in [-0.25, -0.2) is 4.98 Å². The van der Waals surface area contributed by atoms with Crippen molar-refractivity contribution in [3.05, 3.63) is 115 Å². The average Bonchev–Trinajstić information content (AvgIpc) is 3.37. The van der Waals surface area contributed by atoms with Crippen LogP contribution in [0.4, 0.5) is 17.1 Å². The van der Waals surface area contributed by atoms with Crippen molar-refractivity contribution < 1.29 is 19.4 Å². The van der Waals surface area contributed by atoms with Crippen LogP contribution in [0.25, 0.3) is 11.0 Å². The summed E-state index contributed by atoms with van der Waals surface area (Å²) >= 11 is 0. The van der Waals surface area contributed by atoms with Gasteiger partial charge in [-0.3, -0.25) is 14.5 Å². The molecule has 8 nitrogen and oxygen atoms in total. The molecule has 0 bridgehead atoms. The number of anilines is 3. The molecule has 0 aliphatic heterocycles. The predicted molar refractivity (Wildman–Crippen MR) is 156 cm³/mol. The Hall–Kier alpha value is -5.11. The highest BCUT2D eigenvalue weighted by Gasteiger charge is 2.36. The minimum atomic E-state index is -1.24. The SMILES string of the molecule is CC(C)(Oc1ccc(N)cc1)C(=O)N(c1ccccc1)c1ccc2ncn(C(CC(=O)O)c3ccccc3)c2c1. The molecule has 1 atom stereocenters. The Morgan fingerprint density at radius 1 is 0.925 bits per heavy atom. The van der Waals surface area contributed by atoms with Crippen molar-refractivity contribution in [2.75, 3.05) is 10.6 Å². The lowest BCUT2D eigenvalue weighted by molar-refractivity contribution is -0.137. The Labute approximate surface area is 232 Å². The zero-order valence-corrected chi connectivity index (χ0v) is 22.3. The lowest BCUT2D eigenvalue weighted by atomic mass is 10.0. The number of hydrogen-bond donors (Lipinski definition) is 2. The fourth-order valence-electron chi connectivity index (χ4n) is 4.72. The number of carboxylic acids is 1. The summed E-state index contributed by atoms with van der Waals surface area (Å²) in [5.74, 6) is -0.686. The van der Waals surface area contributed by atoms with Crippen LogP contribution in [0.1, 0.15) is 31.9 Å². The Kier molecular flexibility index (Phi) is 7.25. The first-order valence-electron chi connectivity index (χ1n) is 12.9. The van der Waals surface area contributed by atoms with Gasteiger partial charge in [0.25, 0.3) is 5.91 Å². The van der Waals surface area contributed by atoms with Crippen LogP contribution >= 0.6 is 0 Å². The average molecular weight is 535 g/mol. The van der Waals surface area contributed by atoms with Crippen molar-refractivity contribution >= 4 is 40.0 Å². The summed E-state index contributed by atoms with van der Waals surface area (Å²) in [5.41, 5.74) is 8.68. The van der Waals surface area contributed by atoms with E-state index in [4.69, 9.17) is 10.5 Å². The summed E-state index contributed by atoms with van der Waals surface area (Å²) in [5, 5.41) is 9.70. The molecular formula is C32H30N4O4. The number of nitrogens with two attached hydrogens (primary N) is 1. The minimum absolute atomic E-state index is 0.122. The lowest BCUT2D eigenvalue weighted by Crippen LogP contribution is -2.47. The van der Waals surface area contributed by atoms with Gasteiger partial charge in [0.05, 0.1) is 35.5 Å².